The quantitative estimate of drug-likeness (QED) is 0.648. The average molecular weight is 455 g/mol. The zero-order valence-electron chi connectivity index (χ0n) is 16.8. The van der Waals surface area contributed by atoms with E-state index in [0.717, 1.165) is 4.90 Å². The molecule has 3 aliphatic heterocycles. The van der Waals surface area contributed by atoms with Crippen LogP contribution >= 0.6 is 11.6 Å². The number of nitriles is 1. The molecule has 3 heterocycles. The van der Waals surface area contributed by atoms with Gasteiger partial charge in [-0.1, -0.05) is 11.6 Å². The van der Waals surface area contributed by atoms with E-state index < -0.39 is 35.9 Å². The van der Waals surface area contributed by atoms with Crippen molar-refractivity contribution in [3.63, 3.8) is 0 Å². The molecule has 0 saturated carbocycles. The molecule has 3 atom stereocenters. The number of carbonyl (C=O) groups excluding carboxylic acids is 3. The van der Waals surface area contributed by atoms with Crippen LogP contribution in [0.15, 0.2) is 36.4 Å². The third-order valence-corrected chi connectivity index (χ3v) is 6.72. The zero-order valence-corrected chi connectivity index (χ0v) is 17.5. The van der Waals surface area contributed by atoms with Crippen molar-refractivity contribution in [2.75, 3.05) is 11.4 Å². The second kappa shape index (κ2) is 7.21. The van der Waals surface area contributed by atoms with E-state index in [4.69, 9.17) is 21.6 Å². The first kappa shape index (κ1) is 20.3. The highest BCUT2D eigenvalue weighted by Gasteiger charge is 2.63. The molecule has 5 rings (SSSR count). The number of fused-ring (bicyclic) bond motifs is 5. The van der Waals surface area contributed by atoms with Crippen LogP contribution in [0.5, 0.6) is 5.75 Å². The van der Waals surface area contributed by atoms with Gasteiger partial charge in [0, 0.05) is 6.54 Å². The average Bonchev–Trinajstić information content (AvgIpc) is 3.44. The number of nitrogens with zero attached hydrogens (tertiary/aromatic N) is 4. The van der Waals surface area contributed by atoms with Crippen LogP contribution in [0.2, 0.25) is 5.02 Å². The fourth-order valence-electron chi connectivity index (χ4n) is 4.75. The maximum atomic E-state index is 13.3. The van der Waals surface area contributed by atoms with E-state index in [1.54, 1.807) is 6.92 Å². The smallest absolute Gasteiger partial charge is 0.410 e. The Bertz CT molecular complexity index is 1210. The molecule has 3 aliphatic rings. The van der Waals surface area contributed by atoms with Crippen LogP contribution in [0.25, 0.3) is 0 Å². The minimum Gasteiger partial charge on any atom is -0.410 e. The lowest BCUT2D eigenvalue weighted by Crippen LogP contribution is -2.55. The first-order valence-electron chi connectivity index (χ1n) is 9.91. The molecule has 4 amide bonds. The van der Waals surface area contributed by atoms with E-state index in [2.05, 4.69) is 0 Å². The molecule has 0 spiro atoms. The summed E-state index contributed by atoms with van der Waals surface area (Å²) in [4.78, 5) is 43.2. The van der Waals surface area contributed by atoms with Crippen LogP contribution in [0.3, 0.4) is 0 Å². The number of urea groups is 1. The Hall–Kier alpha value is -3.64. The van der Waals surface area contributed by atoms with Crippen molar-refractivity contribution >= 4 is 35.3 Å². The molecular formula is C22H16ClFN4O4. The standard InChI is InChI=1S/C22H16ClFN4O4/c1-11-16(7-2-12(9-25)18(11)23)28-20(29)19-17-8-14(27(19)21(28)30)10-26(17)22(31)32-15-5-3-13(24)4-6-15/h2-7,14,17,19H,8,10H2,1H3. The Morgan fingerprint density at radius 1 is 1.22 bits per heavy atom. The summed E-state index contributed by atoms with van der Waals surface area (Å²) in [6.45, 7) is 1.88. The highest BCUT2D eigenvalue weighted by molar-refractivity contribution is 6.33. The van der Waals surface area contributed by atoms with Crippen molar-refractivity contribution < 1.29 is 23.5 Å². The van der Waals surface area contributed by atoms with E-state index in [-0.39, 0.29) is 28.9 Å². The van der Waals surface area contributed by atoms with Crippen molar-refractivity contribution in [1.29, 1.82) is 5.26 Å². The van der Waals surface area contributed by atoms with E-state index in [0.29, 0.717) is 17.7 Å². The molecule has 10 heteroatoms. The van der Waals surface area contributed by atoms with E-state index in [9.17, 15) is 18.8 Å². The third kappa shape index (κ3) is 2.83. The van der Waals surface area contributed by atoms with Crippen molar-refractivity contribution in [1.82, 2.24) is 9.80 Å². The van der Waals surface area contributed by atoms with E-state index in [1.165, 1.54) is 46.2 Å². The highest BCUT2D eigenvalue weighted by atomic mass is 35.5. The van der Waals surface area contributed by atoms with Crippen molar-refractivity contribution in [2.24, 2.45) is 0 Å². The number of anilines is 1. The topological polar surface area (TPSA) is 94.0 Å². The molecule has 162 valence electrons. The summed E-state index contributed by atoms with van der Waals surface area (Å²) < 4.78 is 18.4. The van der Waals surface area contributed by atoms with Gasteiger partial charge in [0.1, 0.15) is 23.7 Å². The van der Waals surface area contributed by atoms with Crippen LogP contribution < -0.4 is 9.64 Å². The second-order valence-electron chi connectivity index (χ2n) is 7.92. The lowest BCUT2D eigenvalue weighted by Gasteiger charge is -2.34. The largest absolute Gasteiger partial charge is 0.415 e. The Morgan fingerprint density at radius 2 is 1.94 bits per heavy atom. The fourth-order valence-corrected chi connectivity index (χ4v) is 4.96. The van der Waals surface area contributed by atoms with Gasteiger partial charge in [-0.3, -0.25) is 4.79 Å². The summed E-state index contributed by atoms with van der Waals surface area (Å²) >= 11 is 6.24. The Morgan fingerprint density at radius 3 is 2.62 bits per heavy atom. The van der Waals surface area contributed by atoms with Crippen LogP contribution in [0.1, 0.15) is 17.5 Å². The molecule has 0 aromatic heterocycles. The lowest BCUT2D eigenvalue weighted by molar-refractivity contribution is -0.121. The molecule has 2 bridgehead atoms. The van der Waals surface area contributed by atoms with Crippen LogP contribution in [0, 0.1) is 24.1 Å². The highest BCUT2D eigenvalue weighted by Crippen LogP contribution is 2.43. The monoisotopic (exact) mass is 454 g/mol. The first-order valence-corrected chi connectivity index (χ1v) is 10.3. The maximum absolute atomic E-state index is 13.3. The predicted molar refractivity (Wildman–Crippen MR) is 111 cm³/mol. The number of ether oxygens (including phenoxy) is 1. The molecule has 3 saturated heterocycles. The molecular weight excluding hydrogens is 439 g/mol. The van der Waals surface area contributed by atoms with Crippen LogP contribution in [0.4, 0.5) is 19.7 Å². The number of benzene rings is 2. The Balaban J connectivity index is 1.40. The molecule has 32 heavy (non-hydrogen) atoms. The van der Waals surface area contributed by atoms with Gasteiger partial charge < -0.3 is 14.5 Å². The third-order valence-electron chi connectivity index (χ3n) is 6.24. The molecule has 2 aromatic rings. The van der Waals surface area contributed by atoms with Gasteiger partial charge in [0.25, 0.3) is 5.91 Å². The number of imide groups is 1. The number of piperazine rings is 1. The number of halogens is 2. The van der Waals surface area contributed by atoms with Gasteiger partial charge in [-0.2, -0.15) is 5.26 Å². The Kier molecular flexibility index (Phi) is 4.57. The van der Waals surface area contributed by atoms with Crippen molar-refractivity contribution in [2.45, 2.75) is 31.5 Å². The van der Waals surface area contributed by atoms with E-state index >= 15 is 0 Å². The number of rotatable bonds is 2. The molecule has 2 aromatic carbocycles. The molecule has 0 N–H and O–H groups in total. The van der Waals surface area contributed by atoms with Crippen molar-refractivity contribution in [3.8, 4) is 11.8 Å². The Labute approximate surface area is 187 Å². The van der Waals surface area contributed by atoms with Gasteiger partial charge in [0.15, 0.2) is 0 Å². The number of hydrogen-bond donors (Lipinski definition) is 0. The maximum Gasteiger partial charge on any atom is 0.415 e. The second-order valence-corrected chi connectivity index (χ2v) is 8.30. The van der Waals surface area contributed by atoms with Crippen LogP contribution in [-0.4, -0.2) is 52.5 Å². The fraction of sp³-hybridized carbons (Fsp3) is 0.273. The van der Waals surface area contributed by atoms with Gasteiger partial charge >= 0.3 is 12.1 Å². The zero-order chi connectivity index (χ0) is 22.7. The number of likely N-dealkylation sites (tertiary alicyclic amines) is 1. The number of amides is 4. The molecule has 3 unspecified atom stereocenters. The van der Waals surface area contributed by atoms with Gasteiger partial charge in [-0.05, 0) is 55.3 Å². The van der Waals surface area contributed by atoms with E-state index in [1.807, 2.05) is 6.07 Å². The van der Waals surface area contributed by atoms with Gasteiger partial charge in [0.2, 0.25) is 0 Å². The summed E-state index contributed by atoms with van der Waals surface area (Å²) in [6.07, 6.45) is -0.179. The summed E-state index contributed by atoms with van der Waals surface area (Å²) in [7, 11) is 0. The lowest BCUT2D eigenvalue weighted by atomic mass is 10.1. The molecule has 8 nitrogen and oxygen atoms in total. The minimum atomic E-state index is -0.823. The summed E-state index contributed by atoms with van der Waals surface area (Å²) in [5.41, 5.74) is 1.02. The number of hydrogen-bond acceptors (Lipinski definition) is 5. The first-order chi connectivity index (χ1) is 15.3. The SMILES string of the molecule is Cc1c(N2C(=O)C3C4CC(CN4C(=O)Oc4ccc(F)cc4)N3C2=O)ccc(C#N)c1Cl. The van der Waals surface area contributed by atoms with Gasteiger partial charge in [0.05, 0.1) is 28.4 Å². The predicted octanol–water partition coefficient (Wildman–Crippen LogP) is 3.45. The number of carbonyl (C=O) groups is 3. The summed E-state index contributed by atoms with van der Waals surface area (Å²) in [6, 6.07) is 7.89. The van der Waals surface area contributed by atoms with Crippen molar-refractivity contribution in [3.05, 3.63) is 58.4 Å². The molecule has 3 fully saturated rings. The van der Waals surface area contributed by atoms with Gasteiger partial charge in [-0.15, -0.1) is 0 Å². The minimum absolute atomic E-state index is 0.185. The molecule has 0 radical (unpaired) electrons. The van der Waals surface area contributed by atoms with Crippen LogP contribution in [-0.2, 0) is 4.79 Å². The summed E-state index contributed by atoms with van der Waals surface area (Å²) in [5.74, 6) is -0.714. The van der Waals surface area contributed by atoms with Gasteiger partial charge in [-0.25, -0.2) is 18.9 Å². The normalized spacial score (nSPS) is 23.6. The summed E-state index contributed by atoms with van der Waals surface area (Å²) in [5, 5.41) is 9.34. The molecule has 0 aliphatic carbocycles.